The molecule has 0 aliphatic heterocycles. The molecule has 1 aliphatic carbocycles. The molecule has 3 rings (SSSR count). The van der Waals surface area contributed by atoms with E-state index in [9.17, 15) is 4.79 Å². The Morgan fingerprint density at radius 3 is 2.00 bits per heavy atom. The molecule has 104 valence electrons. The van der Waals surface area contributed by atoms with Crippen LogP contribution >= 0.6 is 23.2 Å². The average Bonchev–Trinajstić information content (AvgIpc) is 2.51. The minimum atomic E-state index is -0.500. The van der Waals surface area contributed by atoms with Gasteiger partial charge in [-0.1, -0.05) is 23.2 Å². The van der Waals surface area contributed by atoms with Gasteiger partial charge in [-0.25, -0.2) is 0 Å². The zero-order valence-corrected chi connectivity index (χ0v) is 12.3. The van der Waals surface area contributed by atoms with Gasteiger partial charge in [-0.05, 0) is 12.1 Å². The number of pyridine rings is 2. The van der Waals surface area contributed by atoms with E-state index in [-0.39, 0.29) is 26.8 Å². The molecule has 1 aliphatic rings. The Balaban J connectivity index is 2.47. The van der Waals surface area contributed by atoms with E-state index in [4.69, 9.17) is 33.7 Å². The molecule has 5 nitrogen and oxygen atoms in total. The van der Waals surface area contributed by atoms with Crippen molar-refractivity contribution in [2.75, 3.05) is 0 Å². The van der Waals surface area contributed by atoms with Crippen LogP contribution in [0.3, 0.4) is 0 Å². The lowest BCUT2D eigenvalue weighted by Gasteiger charge is -2.19. The van der Waals surface area contributed by atoms with Gasteiger partial charge < -0.3 is 0 Å². The second kappa shape index (κ2) is 5.23. The summed E-state index contributed by atoms with van der Waals surface area (Å²) in [5.41, 5.74) is 0.909. The summed E-state index contributed by atoms with van der Waals surface area (Å²) in [5.74, 6) is -0.500. The van der Waals surface area contributed by atoms with Crippen LogP contribution in [0.2, 0.25) is 10.0 Å². The third kappa shape index (κ3) is 2.05. The van der Waals surface area contributed by atoms with E-state index in [1.807, 2.05) is 0 Å². The zero-order chi connectivity index (χ0) is 15.9. The fourth-order valence-electron chi connectivity index (χ4n) is 2.26. The smallest absolute Gasteiger partial charge is 0.198 e. The first kappa shape index (κ1) is 14.2. The molecule has 0 bridgehead atoms. The first-order chi connectivity index (χ1) is 10.6. The molecular weight excluding hydrogens is 323 g/mol. The molecule has 0 N–H and O–H groups in total. The SMILES string of the molecule is N#CC(C#N)=C1C(=O)c2cc(Cl)cnc2-c2ncc(Cl)cc21. The van der Waals surface area contributed by atoms with Crippen molar-refractivity contribution in [2.45, 2.75) is 0 Å². The Hall–Kier alpha value is -2.73. The van der Waals surface area contributed by atoms with Gasteiger partial charge in [0.2, 0.25) is 0 Å². The highest BCUT2D eigenvalue weighted by molar-refractivity contribution is 6.37. The van der Waals surface area contributed by atoms with E-state index < -0.39 is 5.78 Å². The Bertz CT molecular complexity index is 935. The topological polar surface area (TPSA) is 90.4 Å². The summed E-state index contributed by atoms with van der Waals surface area (Å²) in [7, 11) is 0. The molecule has 0 atom stereocenters. The number of hydrogen-bond acceptors (Lipinski definition) is 5. The summed E-state index contributed by atoms with van der Waals surface area (Å²) < 4.78 is 0. The number of rotatable bonds is 0. The summed E-state index contributed by atoms with van der Waals surface area (Å²) in [6, 6.07) is 6.40. The average molecular weight is 327 g/mol. The number of Topliss-reactive ketones (excluding diaryl/α,β-unsaturated/α-hetero) is 1. The lowest BCUT2D eigenvalue weighted by atomic mass is 9.85. The Morgan fingerprint density at radius 2 is 1.45 bits per heavy atom. The molecular formula is C15H4Cl2N4O. The maximum atomic E-state index is 12.7. The van der Waals surface area contributed by atoms with Crippen molar-refractivity contribution in [3.63, 3.8) is 0 Å². The molecule has 0 radical (unpaired) electrons. The molecule has 0 saturated carbocycles. The van der Waals surface area contributed by atoms with Crippen molar-refractivity contribution in [1.82, 2.24) is 9.97 Å². The number of carbonyl (C=O) groups excluding carboxylic acids is 1. The molecule has 0 saturated heterocycles. The molecule has 2 aromatic heterocycles. The van der Waals surface area contributed by atoms with Crippen molar-refractivity contribution in [2.24, 2.45) is 0 Å². The highest BCUT2D eigenvalue weighted by Gasteiger charge is 2.32. The van der Waals surface area contributed by atoms with Crippen LogP contribution in [-0.4, -0.2) is 15.8 Å². The van der Waals surface area contributed by atoms with Crippen molar-refractivity contribution in [3.8, 4) is 23.5 Å². The van der Waals surface area contributed by atoms with Gasteiger partial charge in [0.05, 0.1) is 26.9 Å². The minimum absolute atomic E-state index is 0.0356. The van der Waals surface area contributed by atoms with Crippen LogP contribution in [0.5, 0.6) is 0 Å². The first-order valence-electron chi connectivity index (χ1n) is 5.97. The minimum Gasteiger partial charge on any atom is -0.288 e. The lowest BCUT2D eigenvalue weighted by Crippen LogP contribution is -2.15. The van der Waals surface area contributed by atoms with Gasteiger partial charge >= 0.3 is 0 Å². The molecule has 0 fully saturated rings. The number of allylic oxidation sites excluding steroid dienone is 2. The van der Waals surface area contributed by atoms with E-state index in [1.54, 1.807) is 12.1 Å². The van der Waals surface area contributed by atoms with Crippen molar-refractivity contribution in [1.29, 1.82) is 10.5 Å². The quantitative estimate of drug-likeness (QED) is 0.546. The van der Waals surface area contributed by atoms with Gasteiger partial charge in [-0.15, -0.1) is 0 Å². The summed E-state index contributed by atoms with van der Waals surface area (Å²) in [6.07, 6.45) is 2.81. The largest absolute Gasteiger partial charge is 0.288 e. The number of aromatic nitrogens is 2. The van der Waals surface area contributed by atoms with Crippen molar-refractivity contribution < 1.29 is 4.79 Å². The normalized spacial score (nSPS) is 12.0. The monoisotopic (exact) mass is 326 g/mol. The molecule has 0 aromatic carbocycles. The molecule has 22 heavy (non-hydrogen) atoms. The summed E-state index contributed by atoms with van der Waals surface area (Å²) >= 11 is 11.8. The van der Waals surface area contributed by atoms with Crippen LogP contribution in [0.25, 0.3) is 17.0 Å². The van der Waals surface area contributed by atoms with Crippen LogP contribution in [0.4, 0.5) is 0 Å². The van der Waals surface area contributed by atoms with Crippen LogP contribution in [0.15, 0.2) is 30.1 Å². The highest BCUT2D eigenvalue weighted by atomic mass is 35.5. The maximum Gasteiger partial charge on any atom is 0.198 e. The number of halogens is 2. The first-order valence-corrected chi connectivity index (χ1v) is 6.73. The second-order valence-corrected chi connectivity index (χ2v) is 5.28. The standard InChI is InChI=1S/C15H4Cl2N4O/c16-8-1-10-12(7(3-18)4-19)15(22)11-2-9(17)6-21-14(11)13(10)20-5-8/h1-2,5-6H. The van der Waals surface area contributed by atoms with Crippen LogP contribution in [0.1, 0.15) is 15.9 Å². The van der Waals surface area contributed by atoms with Gasteiger partial charge in [-0.3, -0.25) is 14.8 Å². The number of hydrogen-bond donors (Lipinski definition) is 0. The maximum absolute atomic E-state index is 12.7. The number of fused-ring (bicyclic) bond motifs is 3. The van der Waals surface area contributed by atoms with Gasteiger partial charge in [0, 0.05) is 18.0 Å². The lowest BCUT2D eigenvalue weighted by molar-refractivity contribution is 0.105. The van der Waals surface area contributed by atoms with Gasteiger partial charge in [0.15, 0.2) is 5.78 Å². The van der Waals surface area contributed by atoms with Crippen molar-refractivity contribution in [3.05, 3.63) is 51.3 Å². The number of nitriles is 2. The van der Waals surface area contributed by atoms with E-state index in [1.165, 1.54) is 24.5 Å². The molecule has 2 heterocycles. The van der Waals surface area contributed by atoms with E-state index in [0.717, 1.165) is 0 Å². The highest BCUT2D eigenvalue weighted by Crippen LogP contribution is 2.39. The molecule has 0 amide bonds. The molecule has 7 heteroatoms. The van der Waals surface area contributed by atoms with Gasteiger partial charge in [0.1, 0.15) is 23.4 Å². The van der Waals surface area contributed by atoms with Crippen LogP contribution in [-0.2, 0) is 0 Å². The van der Waals surface area contributed by atoms with Gasteiger partial charge in [-0.2, -0.15) is 10.5 Å². The Kier molecular flexibility index (Phi) is 3.38. The van der Waals surface area contributed by atoms with Crippen LogP contribution < -0.4 is 0 Å². The fraction of sp³-hybridized carbons (Fsp3) is 0. The predicted molar refractivity (Wildman–Crippen MR) is 80.0 cm³/mol. The number of nitrogens with zero attached hydrogens (tertiary/aromatic N) is 4. The third-order valence-electron chi connectivity index (χ3n) is 3.15. The molecule has 0 unspecified atom stereocenters. The third-order valence-corrected chi connectivity index (χ3v) is 3.56. The Morgan fingerprint density at radius 1 is 0.955 bits per heavy atom. The summed E-state index contributed by atoms with van der Waals surface area (Å²) in [5, 5.41) is 18.8. The predicted octanol–water partition coefficient (Wildman–Crippen LogP) is 3.45. The van der Waals surface area contributed by atoms with E-state index >= 15 is 0 Å². The zero-order valence-electron chi connectivity index (χ0n) is 10.8. The van der Waals surface area contributed by atoms with Crippen LogP contribution in [0, 0.1) is 22.7 Å². The summed E-state index contributed by atoms with van der Waals surface area (Å²) in [4.78, 5) is 21.0. The van der Waals surface area contributed by atoms with E-state index in [2.05, 4.69) is 9.97 Å². The van der Waals surface area contributed by atoms with E-state index in [0.29, 0.717) is 17.0 Å². The fourth-order valence-corrected chi connectivity index (χ4v) is 2.58. The number of carbonyl (C=O) groups is 1. The van der Waals surface area contributed by atoms with Crippen molar-refractivity contribution >= 4 is 34.6 Å². The number of ketones is 1. The molecule has 2 aromatic rings. The summed E-state index contributed by atoms with van der Waals surface area (Å²) in [6.45, 7) is 0. The Labute approximate surface area is 135 Å². The van der Waals surface area contributed by atoms with Gasteiger partial charge in [0.25, 0.3) is 0 Å². The second-order valence-electron chi connectivity index (χ2n) is 4.40. The molecule has 0 spiro atoms.